The molecule has 0 radical (unpaired) electrons. The fourth-order valence-electron chi connectivity index (χ4n) is 1.53. The number of nitro groups is 1. The average Bonchev–Trinajstić information content (AvgIpc) is 2.90. The Hall–Kier alpha value is -3.37. The van der Waals surface area contributed by atoms with Gasteiger partial charge >= 0.3 is 0 Å². The minimum Gasteiger partial charge on any atom is -0.367 e. The first-order valence-electron chi connectivity index (χ1n) is 6.07. The molecule has 0 saturated heterocycles. The number of nitrogens with two attached hydrogens (primary N) is 1. The van der Waals surface area contributed by atoms with E-state index in [1.165, 1.54) is 12.1 Å². The Balaban J connectivity index is 1.98. The van der Waals surface area contributed by atoms with Gasteiger partial charge in [0, 0.05) is 12.1 Å². The van der Waals surface area contributed by atoms with E-state index in [2.05, 4.69) is 26.1 Å². The van der Waals surface area contributed by atoms with Gasteiger partial charge in [-0.3, -0.25) is 14.9 Å². The Labute approximate surface area is 124 Å². The maximum Gasteiger partial charge on any atom is 0.269 e. The molecule has 2 aromatic rings. The minimum absolute atomic E-state index is 0.0188. The first kappa shape index (κ1) is 15.0. The standard InChI is InChI=1S/C11H12N8O3/c1-7(8-2-4-9(5-3-8)19(21)22)13-14-10(20)6-18-11(12)15-16-17-18/h2-5H,6H2,1H3,(H,14,20)(H2,12,15,17)/b13-7+. The zero-order valence-corrected chi connectivity index (χ0v) is 11.5. The molecular formula is C11H12N8O3. The van der Waals surface area contributed by atoms with Crippen LogP contribution in [0.15, 0.2) is 29.4 Å². The molecule has 1 aromatic heterocycles. The number of carbonyl (C=O) groups excluding carboxylic acids is 1. The third-order valence-electron chi connectivity index (χ3n) is 2.70. The molecule has 2 rings (SSSR count). The van der Waals surface area contributed by atoms with E-state index in [1.54, 1.807) is 19.1 Å². The highest BCUT2D eigenvalue weighted by Crippen LogP contribution is 2.12. The molecule has 0 aliphatic carbocycles. The fourth-order valence-corrected chi connectivity index (χ4v) is 1.53. The summed E-state index contributed by atoms with van der Waals surface area (Å²) in [7, 11) is 0. The maximum absolute atomic E-state index is 11.7. The number of hydrogen-bond donors (Lipinski definition) is 2. The summed E-state index contributed by atoms with van der Waals surface area (Å²) in [6.07, 6.45) is 0. The van der Waals surface area contributed by atoms with Crippen LogP contribution in [0.1, 0.15) is 12.5 Å². The van der Waals surface area contributed by atoms with E-state index >= 15 is 0 Å². The van der Waals surface area contributed by atoms with Crippen LogP contribution >= 0.6 is 0 Å². The van der Waals surface area contributed by atoms with Crippen molar-refractivity contribution in [1.29, 1.82) is 0 Å². The van der Waals surface area contributed by atoms with Crippen LogP contribution < -0.4 is 11.2 Å². The Kier molecular flexibility index (Phi) is 4.36. The van der Waals surface area contributed by atoms with E-state index in [4.69, 9.17) is 5.73 Å². The van der Waals surface area contributed by atoms with E-state index in [-0.39, 0.29) is 18.2 Å². The molecule has 0 aliphatic rings. The number of nitrogens with zero attached hydrogens (tertiary/aromatic N) is 6. The van der Waals surface area contributed by atoms with Crippen LogP contribution in [0, 0.1) is 10.1 Å². The summed E-state index contributed by atoms with van der Waals surface area (Å²) in [5.41, 5.74) is 8.88. The molecule has 0 fully saturated rings. The maximum atomic E-state index is 11.7. The number of benzene rings is 1. The lowest BCUT2D eigenvalue weighted by Crippen LogP contribution is -2.25. The van der Waals surface area contributed by atoms with Crippen molar-refractivity contribution in [1.82, 2.24) is 25.6 Å². The van der Waals surface area contributed by atoms with E-state index in [9.17, 15) is 14.9 Å². The van der Waals surface area contributed by atoms with Gasteiger partial charge in [-0.15, -0.1) is 0 Å². The number of hydrogen-bond acceptors (Lipinski definition) is 8. The van der Waals surface area contributed by atoms with Gasteiger partial charge in [0.2, 0.25) is 5.95 Å². The predicted octanol–water partition coefficient (Wildman–Crippen LogP) is -0.296. The van der Waals surface area contributed by atoms with E-state index in [0.717, 1.165) is 4.68 Å². The molecular weight excluding hydrogens is 292 g/mol. The number of carbonyl (C=O) groups is 1. The van der Waals surface area contributed by atoms with Crippen LogP contribution in [0.4, 0.5) is 11.6 Å². The largest absolute Gasteiger partial charge is 0.367 e. The predicted molar refractivity (Wildman–Crippen MR) is 75.7 cm³/mol. The molecule has 1 aromatic carbocycles. The number of amides is 1. The summed E-state index contributed by atoms with van der Waals surface area (Å²) in [4.78, 5) is 21.7. The van der Waals surface area contributed by atoms with Crippen molar-refractivity contribution in [3.8, 4) is 0 Å². The number of non-ortho nitro benzene ring substituents is 1. The van der Waals surface area contributed by atoms with Gasteiger partial charge in [0.25, 0.3) is 11.6 Å². The van der Waals surface area contributed by atoms with Crippen LogP contribution in [0.3, 0.4) is 0 Å². The molecule has 0 saturated carbocycles. The van der Waals surface area contributed by atoms with Gasteiger partial charge in [-0.25, -0.2) is 10.1 Å². The molecule has 0 atom stereocenters. The lowest BCUT2D eigenvalue weighted by molar-refractivity contribution is -0.384. The van der Waals surface area contributed by atoms with Gasteiger partial charge in [0.1, 0.15) is 6.54 Å². The van der Waals surface area contributed by atoms with Crippen LogP contribution in [-0.4, -0.2) is 36.7 Å². The molecule has 11 nitrogen and oxygen atoms in total. The quantitative estimate of drug-likeness (QED) is 0.436. The monoisotopic (exact) mass is 304 g/mol. The van der Waals surface area contributed by atoms with Crippen LogP contribution in [-0.2, 0) is 11.3 Å². The van der Waals surface area contributed by atoms with E-state index in [0.29, 0.717) is 11.3 Å². The van der Waals surface area contributed by atoms with E-state index < -0.39 is 10.8 Å². The lowest BCUT2D eigenvalue weighted by atomic mass is 10.1. The molecule has 0 unspecified atom stereocenters. The zero-order valence-electron chi connectivity index (χ0n) is 11.5. The summed E-state index contributed by atoms with van der Waals surface area (Å²) in [5.74, 6) is -0.438. The van der Waals surface area contributed by atoms with Crippen LogP contribution in [0.2, 0.25) is 0 Å². The Morgan fingerprint density at radius 3 is 2.68 bits per heavy atom. The van der Waals surface area contributed by atoms with Gasteiger partial charge < -0.3 is 5.73 Å². The Bertz CT molecular complexity index is 721. The normalized spacial score (nSPS) is 11.2. The van der Waals surface area contributed by atoms with Crippen LogP contribution in [0.25, 0.3) is 0 Å². The topological polar surface area (TPSA) is 154 Å². The SMILES string of the molecule is C/C(=N\NC(=O)Cn1nnnc1N)c1ccc([N+](=O)[O-])cc1. The van der Waals surface area contributed by atoms with Crippen LogP contribution in [0.5, 0.6) is 0 Å². The van der Waals surface area contributed by atoms with Crippen molar-refractivity contribution >= 4 is 23.3 Å². The molecule has 11 heteroatoms. The first-order valence-corrected chi connectivity index (χ1v) is 6.07. The number of hydrazone groups is 1. The second kappa shape index (κ2) is 6.39. The van der Waals surface area contributed by atoms with Crippen molar-refractivity contribution in [2.75, 3.05) is 5.73 Å². The highest BCUT2D eigenvalue weighted by Gasteiger charge is 2.08. The highest BCUT2D eigenvalue weighted by atomic mass is 16.6. The number of nitro benzene ring substituents is 1. The third kappa shape index (κ3) is 3.59. The van der Waals surface area contributed by atoms with Gasteiger partial charge in [-0.2, -0.15) is 5.10 Å². The molecule has 0 aliphatic heterocycles. The summed E-state index contributed by atoms with van der Waals surface area (Å²) in [6.45, 7) is 1.49. The number of aromatic nitrogens is 4. The van der Waals surface area contributed by atoms with Gasteiger partial charge in [0.15, 0.2) is 0 Å². The molecule has 3 N–H and O–H groups in total. The highest BCUT2D eigenvalue weighted by molar-refractivity contribution is 5.99. The van der Waals surface area contributed by atoms with Gasteiger partial charge in [-0.05, 0) is 35.0 Å². The van der Waals surface area contributed by atoms with Gasteiger partial charge in [0.05, 0.1) is 10.6 Å². The number of anilines is 1. The molecule has 0 bridgehead atoms. The third-order valence-corrected chi connectivity index (χ3v) is 2.70. The van der Waals surface area contributed by atoms with E-state index in [1.807, 2.05) is 0 Å². The fraction of sp³-hybridized carbons (Fsp3) is 0.182. The minimum atomic E-state index is -0.491. The Morgan fingerprint density at radius 1 is 1.45 bits per heavy atom. The number of nitrogen functional groups attached to an aromatic ring is 1. The summed E-state index contributed by atoms with van der Waals surface area (Å²) in [5, 5.41) is 24.7. The number of nitrogens with one attached hydrogen (secondary N) is 1. The second-order valence-corrected chi connectivity index (χ2v) is 4.23. The summed E-state index contributed by atoms with van der Waals surface area (Å²) >= 11 is 0. The van der Waals surface area contributed by atoms with Crippen molar-refractivity contribution in [3.05, 3.63) is 39.9 Å². The molecule has 114 valence electrons. The average molecular weight is 304 g/mol. The summed E-state index contributed by atoms with van der Waals surface area (Å²) < 4.78 is 1.12. The smallest absolute Gasteiger partial charge is 0.269 e. The molecule has 1 amide bonds. The Morgan fingerprint density at radius 2 is 2.14 bits per heavy atom. The number of rotatable bonds is 5. The molecule has 22 heavy (non-hydrogen) atoms. The van der Waals surface area contributed by atoms with Gasteiger partial charge in [-0.1, -0.05) is 5.10 Å². The second-order valence-electron chi connectivity index (χ2n) is 4.23. The van der Waals surface area contributed by atoms with Crippen molar-refractivity contribution in [3.63, 3.8) is 0 Å². The van der Waals surface area contributed by atoms with Crippen molar-refractivity contribution in [2.45, 2.75) is 13.5 Å². The van der Waals surface area contributed by atoms with Crippen molar-refractivity contribution < 1.29 is 9.72 Å². The number of tetrazole rings is 1. The zero-order chi connectivity index (χ0) is 16.1. The first-order chi connectivity index (χ1) is 10.5. The molecule has 0 spiro atoms. The lowest BCUT2D eigenvalue weighted by Gasteiger charge is -2.03. The molecule has 1 heterocycles. The summed E-state index contributed by atoms with van der Waals surface area (Å²) in [6, 6.07) is 5.81. The van der Waals surface area contributed by atoms with Crippen molar-refractivity contribution in [2.24, 2.45) is 5.10 Å².